The SMILES string of the molecule is CC.COc1ccc2c3c1O[C@@H]1C[C@H](O)C=CC31CCNC2. The van der Waals surface area contributed by atoms with Crippen LogP contribution in [0.1, 0.15) is 37.8 Å². The van der Waals surface area contributed by atoms with Crippen molar-refractivity contribution in [3.8, 4) is 11.5 Å². The van der Waals surface area contributed by atoms with E-state index in [2.05, 4.69) is 17.5 Å². The Kier molecular flexibility index (Phi) is 4.15. The molecule has 0 radical (unpaired) electrons. The summed E-state index contributed by atoms with van der Waals surface area (Å²) in [5, 5.41) is 13.4. The lowest BCUT2D eigenvalue weighted by atomic mass is 9.69. The van der Waals surface area contributed by atoms with Crippen LogP contribution in [0.3, 0.4) is 0 Å². The van der Waals surface area contributed by atoms with Gasteiger partial charge in [0.2, 0.25) is 0 Å². The average Bonchev–Trinajstić information content (AvgIpc) is 2.76. The standard InChI is InChI=1S/C16H19NO3.C2H6/c1-19-12-3-2-10-9-17-7-6-16-5-4-11(18)8-13(16)20-15(12)14(10)16;1-2/h2-5,11,13,17-18H,6-9H2,1H3;1-2H3/t11-,13-,16?;/m1./s1. The molecule has 0 fully saturated rings. The molecule has 1 aromatic rings. The van der Waals surface area contributed by atoms with Gasteiger partial charge in [-0.25, -0.2) is 0 Å². The minimum Gasteiger partial charge on any atom is -0.493 e. The fourth-order valence-corrected chi connectivity index (χ4v) is 3.87. The number of aliphatic hydroxyl groups excluding tert-OH is 1. The van der Waals surface area contributed by atoms with Crippen molar-refractivity contribution in [1.82, 2.24) is 5.32 Å². The molecular formula is C18H25NO3. The van der Waals surface area contributed by atoms with Crippen LogP contribution >= 0.6 is 0 Å². The first-order valence-electron chi connectivity index (χ1n) is 8.20. The maximum Gasteiger partial charge on any atom is 0.166 e. The van der Waals surface area contributed by atoms with Crippen LogP contribution in [0.25, 0.3) is 0 Å². The Balaban J connectivity index is 0.000000693. The summed E-state index contributed by atoms with van der Waals surface area (Å²) in [5.41, 5.74) is 2.43. The number of hydrogen-bond acceptors (Lipinski definition) is 4. The highest BCUT2D eigenvalue weighted by atomic mass is 16.5. The summed E-state index contributed by atoms with van der Waals surface area (Å²) in [6.07, 6.45) is 5.32. The first-order valence-corrected chi connectivity index (χ1v) is 8.20. The van der Waals surface area contributed by atoms with Gasteiger partial charge in [-0.05, 0) is 24.6 Å². The molecule has 3 aliphatic rings. The number of ether oxygens (including phenoxy) is 2. The smallest absolute Gasteiger partial charge is 0.166 e. The molecule has 4 nitrogen and oxygen atoms in total. The van der Waals surface area contributed by atoms with Gasteiger partial charge in [-0.1, -0.05) is 32.1 Å². The van der Waals surface area contributed by atoms with Gasteiger partial charge in [-0.3, -0.25) is 0 Å². The van der Waals surface area contributed by atoms with Crippen molar-refractivity contribution in [2.24, 2.45) is 0 Å². The number of benzene rings is 1. The summed E-state index contributed by atoms with van der Waals surface area (Å²) in [5.74, 6) is 1.67. The van der Waals surface area contributed by atoms with E-state index in [0.717, 1.165) is 31.0 Å². The number of methoxy groups -OCH3 is 1. The van der Waals surface area contributed by atoms with Crippen molar-refractivity contribution in [2.45, 2.75) is 50.9 Å². The molecule has 4 rings (SSSR count). The maximum atomic E-state index is 9.92. The zero-order valence-electron chi connectivity index (χ0n) is 13.6. The predicted molar refractivity (Wildman–Crippen MR) is 86.5 cm³/mol. The van der Waals surface area contributed by atoms with E-state index in [0.29, 0.717) is 6.42 Å². The highest BCUT2D eigenvalue weighted by molar-refractivity contribution is 5.60. The van der Waals surface area contributed by atoms with E-state index in [1.165, 1.54) is 11.1 Å². The topological polar surface area (TPSA) is 50.7 Å². The Hall–Kier alpha value is -1.52. The second kappa shape index (κ2) is 5.94. The Bertz CT molecular complexity index is 584. The van der Waals surface area contributed by atoms with E-state index in [9.17, 15) is 5.11 Å². The third-order valence-corrected chi connectivity index (χ3v) is 4.83. The predicted octanol–water partition coefficient (Wildman–Crippen LogP) is 2.53. The molecule has 2 heterocycles. The van der Waals surface area contributed by atoms with Crippen LogP contribution < -0.4 is 14.8 Å². The van der Waals surface area contributed by atoms with E-state index >= 15 is 0 Å². The molecule has 0 amide bonds. The van der Waals surface area contributed by atoms with E-state index in [-0.39, 0.29) is 11.5 Å². The van der Waals surface area contributed by atoms with Crippen LogP contribution in [-0.2, 0) is 12.0 Å². The summed E-state index contributed by atoms with van der Waals surface area (Å²) in [6.45, 7) is 5.82. The molecule has 1 spiro atoms. The Morgan fingerprint density at radius 2 is 2.18 bits per heavy atom. The summed E-state index contributed by atoms with van der Waals surface area (Å²) in [7, 11) is 1.68. The van der Waals surface area contributed by atoms with Crippen LogP contribution in [0.15, 0.2) is 24.3 Å². The zero-order valence-corrected chi connectivity index (χ0v) is 13.6. The van der Waals surface area contributed by atoms with Crippen molar-refractivity contribution in [3.63, 3.8) is 0 Å². The van der Waals surface area contributed by atoms with Gasteiger partial charge in [0.1, 0.15) is 6.10 Å². The largest absolute Gasteiger partial charge is 0.493 e. The fraction of sp³-hybridized carbons (Fsp3) is 0.556. The molecule has 4 heteroatoms. The molecule has 2 N–H and O–H groups in total. The number of aliphatic hydroxyl groups is 1. The summed E-state index contributed by atoms with van der Waals surface area (Å²) >= 11 is 0. The lowest BCUT2D eigenvalue weighted by Gasteiger charge is -2.35. The Morgan fingerprint density at radius 1 is 1.36 bits per heavy atom. The second-order valence-electron chi connectivity index (χ2n) is 5.87. The highest BCUT2D eigenvalue weighted by Crippen LogP contribution is 2.55. The van der Waals surface area contributed by atoms with Gasteiger partial charge in [0.15, 0.2) is 11.5 Å². The van der Waals surface area contributed by atoms with Gasteiger partial charge in [0, 0.05) is 18.5 Å². The molecule has 1 aromatic carbocycles. The van der Waals surface area contributed by atoms with Gasteiger partial charge in [-0.15, -0.1) is 0 Å². The molecule has 1 aliphatic carbocycles. The minimum atomic E-state index is -0.411. The lowest BCUT2D eigenvalue weighted by Crippen LogP contribution is -2.42. The minimum absolute atomic E-state index is 0.00690. The molecule has 3 atom stereocenters. The van der Waals surface area contributed by atoms with Crippen LogP contribution in [0, 0.1) is 0 Å². The molecule has 0 aromatic heterocycles. The highest BCUT2D eigenvalue weighted by Gasteiger charge is 2.52. The van der Waals surface area contributed by atoms with Crippen molar-refractivity contribution in [2.75, 3.05) is 13.7 Å². The van der Waals surface area contributed by atoms with Gasteiger partial charge >= 0.3 is 0 Å². The summed E-state index contributed by atoms with van der Waals surface area (Å²) < 4.78 is 11.7. The first kappa shape index (κ1) is 15.4. The number of rotatable bonds is 1. The van der Waals surface area contributed by atoms with E-state index in [1.807, 2.05) is 26.0 Å². The monoisotopic (exact) mass is 303 g/mol. The second-order valence-corrected chi connectivity index (χ2v) is 5.87. The van der Waals surface area contributed by atoms with Crippen LogP contribution in [0.4, 0.5) is 0 Å². The first-order chi connectivity index (χ1) is 10.7. The quantitative estimate of drug-likeness (QED) is 0.783. The Labute approximate surface area is 132 Å². The molecule has 120 valence electrons. The lowest BCUT2D eigenvalue weighted by molar-refractivity contribution is 0.0851. The normalized spacial score (nSPS) is 31.1. The van der Waals surface area contributed by atoms with Crippen molar-refractivity contribution in [1.29, 1.82) is 0 Å². The van der Waals surface area contributed by atoms with Crippen molar-refractivity contribution in [3.05, 3.63) is 35.4 Å². The molecule has 0 bridgehead atoms. The molecule has 2 aliphatic heterocycles. The average molecular weight is 303 g/mol. The third-order valence-electron chi connectivity index (χ3n) is 4.83. The van der Waals surface area contributed by atoms with Gasteiger partial charge in [0.25, 0.3) is 0 Å². The van der Waals surface area contributed by atoms with E-state index in [1.54, 1.807) is 7.11 Å². The zero-order chi connectivity index (χ0) is 15.7. The molecule has 1 unspecified atom stereocenters. The number of nitrogens with one attached hydrogen (secondary N) is 1. The summed E-state index contributed by atoms with van der Waals surface area (Å²) in [4.78, 5) is 0. The van der Waals surface area contributed by atoms with Crippen molar-refractivity contribution >= 4 is 0 Å². The van der Waals surface area contributed by atoms with Crippen LogP contribution in [0.2, 0.25) is 0 Å². The van der Waals surface area contributed by atoms with E-state index < -0.39 is 6.10 Å². The van der Waals surface area contributed by atoms with Crippen LogP contribution in [-0.4, -0.2) is 31.0 Å². The van der Waals surface area contributed by atoms with Gasteiger partial charge < -0.3 is 19.9 Å². The fourth-order valence-electron chi connectivity index (χ4n) is 3.87. The molecule has 0 saturated carbocycles. The van der Waals surface area contributed by atoms with Crippen LogP contribution in [0.5, 0.6) is 11.5 Å². The van der Waals surface area contributed by atoms with Gasteiger partial charge in [0.05, 0.1) is 18.6 Å². The maximum absolute atomic E-state index is 9.92. The van der Waals surface area contributed by atoms with Crippen molar-refractivity contribution < 1.29 is 14.6 Å². The Morgan fingerprint density at radius 3 is 2.95 bits per heavy atom. The molecule has 22 heavy (non-hydrogen) atoms. The van der Waals surface area contributed by atoms with Gasteiger partial charge in [-0.2, -0.15) is 0 Å². The third kappa shape index (κ3) is 2.13. The molecular weight excluding hydrogens is 278 g/mol. The molecule has 0 saturated heterocycles. The van der Waals surface area contributed by atoms with E-state index in [4.69, 9.17) is 9.47 Å². The number of hydrogen-bond donors (Lipinski definition) is 2. The summed E-state index contributed by atoms with van der Waals surface area (Å²) in [6, 6.07) is 4.11.